The largest absolute Gasteiger partial charge is 0.384 e. The van der Waals surface area contributed by atoms with Crippen LogP contribution in [0.2, 0.25) is 0 Å². The summed E-state index contributed by atoms with van der Waals surface area (Å²) in [6.45, 7) is 2.54. The summed E-state index contributed by atoms with van der Waals surface area (Å²) in [4.78, 5) is 8.59. The fourth-order valence-electron chi connectivity index (χ4n) is 1.99. The maximum absolute atomic E-state index is 5.80. The molecule has 2 N–H and O–H groups in total. The molecule has 0 amide bonds. The second-order valence-corrected chi connectivity index (χ2v) is 4.47. The van der Waals surface area contributed by atoms with E-state index in [4.69, 9.17) is 10.5 Å². The maximum atomic E-state index is 5.80. The molecule has 0 aliphatic rings. The fourth-order valence-corrected chi connectivity index (χ4v) is 1.99. The van der Waals surface area contributed by atoms with Crippen LogP contribution in [0.1, 0.15) is 24.7 Å². The molecule has 0 aliphatic carbocycles. The predicted molar refractivity (Wildman–Crippen MR) is 76.6 cm³/mol. The number of anilines is 1. The van der Waals surface area contributed by atoms with Gasteiger partial charge in [0.15, 0.2) is 5.82 Å². The van der Waals surface area contributed by atoms with Crippen molar-refractivity contribution in [3.05, 3.63) is 41.7 Å². The molecule has 1 aromatic carbocycles. The number of nitrogen functional groups attached to an aromatic ring is 1. The van der Waals surface area contributed by atoms with Crippen molar-refractivity contribution in [1.29, 1.82) is 0 Å². The topological polar surface area (TPSA) is 61.0 Å². The number of nitrogens with zero attached hydrogens (tertiary/aromatic N) is 2. The number of nitrogens with two attached hydrogens (primary N) is 1. The number of rotatable bonds is 5. The summed E-state index contributed by atoms with van der Waals surface area (Å²) in [5, 5.41) is 0. The Bertz CT molecular complexity index is 538. The second-order valence-electron chi connectivity index (χ2n) is 4.47. The molecule has 1 heterocycles. The average molecular weight is 257 g/mol. The molecule has 4 nitrogen and oxygen atoms in total. The van der Waals surface area contributed by atoms with Crippen LogP contribution in [0.5, 0.6) is 0 Å². The van der Waals surface area contributed by atoms with Crippen LogP contribution in [0.15, 0.2) is 30.3 Å². The summed E-state index contributed by atoms with van der Waals surface area (Å²) < 4.78 is 5.04. The lowest BCUT2D eigenvalue weighted by molar-refractivity contribution is 0.178. The van der Waals surface area contributed by atoms with E-state index in [1.165, 1.54) is 5.56 Å². The molecule has 2 rings (SSSR count). The molecule has 100 valence electrons. The standard InChI is InChI=1S/C15H19N3O/c1-3-4-11-5-7-12(8-6-11)13-9-14(16)18-15(17-13)10-19-2/h5-9H,3-4,10H2,1-2H3,(H2,16,17,18). The van der Waals surface area contributed by atoms with E-state index in [1.807, 2.05) is 0 Å². The third-order valence-electron chi connectivity index (χ3n) is 2.85. The molecule has 0 aliphatic heterocycles. The summed E-state index contributed by atoms with van der Waals surface area (Å²) in [7, 11) is 1.62. The van der Waals surface area contributed by atoms with Gasteiger partial charge in [-0.15, -0.1) is 0 Å². The van der Waals surface area contributed by atoms with Crippen LogP contribution in [0, 0.1) is 0 Å². The Morgan fingerprint density at radius 1 is 1.16 bits per heavy atom. The van der Waals surface area contributed by atoms with E-state index in [0.29, 0.717) is 18.2 Å². The quantitative estimate of drug-likeness (QED) is 0.894. The highest BCUT2D eigenvalue weighted by Gasteiger charge is 2.05. The van der Waals surface area contributed by atoms with Gasteiger partial charge in [0.05, 0.1) is 5.69 Å². The van der Waals surface area contributed by atoms with Crippen molar-refractivity contribution < 1.29 is 4.74 Å². The van der Waals surface area contributed by atoms with Crippen LogP contribution >= 0.6 is 0 Å². The highest BCUT2D eigenvalue weighted by Crippen LogP contribution is 2.20. The molecular weight excluding hydrogens is 238 g/mol. The van der Waals surface area contributed by atoms with Crippen molar-refractivity contribution in [2.24, 2.45) is 0 Å². The Labute approximate surface area is 113 Å². The molecule has 0 fully saturated rings. The molecule has 4 heteroatoms. The van der Waals surface area contributed by atoms with E-state index in [9.17, 15) is 0 Å². The zero-order valence-corrected chi connectivity index (χ0v) is 11.4. The van der Waals surface area contributed by atoms with Gasteiger partial charge < -0.3 is 10.5 Å². The van der Waals surface area contributed by atoms with Crippen molar-refractivity contribution >= 4 is 5.82 Å². The van der Waals surface area contributed by atoms with Gasteiger partial charge in [-0.25, -0.2) is 9.97 Å². The predicted octanol–water partition coefficient (Wildman–Crippen LogP) is 2.82. The smallest absolute Gasteiger partial charge is 0.157 e. The van der Waals surface area contributed by atoms with Crippen LogP contribution in [0.25, 0.3) is 11.3 Å². The zero-order chi connectivity index (χ0) is 13.7. The molecule has 0 bridgehead atoms. The van der Waals surface area contributed by atoms with Crippen LogP contribution in [-0.2, 0) is 17.8 Å². The molecular formula is C15H19N3O. The Balaban J connectivity index is 2.29. The number of aromatic nitrogens is 2. The lowest BCUT2D eigenvalue weighted by Crippen LogP contribution is -2.02. The van der Waals surface area contributed by atoms with Crippen molar-refractivity contribution in [2.75, 3.05) is 12.8 Å². The summed E-state index contributed by atoms with van der Waals surface area (Å²) >= 11 is 0. The molecule has 0 radical (unpaired) electrons. The van der Waals surface area contributed by atoms with Crippen LogP contribution in [0.4, 0.5) is 5.82 Å². The molecule has 0 unspecified atom stereocenters. The summed E-state index contributed by atoms with van der Waals surface area (Å²) in [5.41, 5.74) is 9.02. The number of ether oxygens (including phenoxy) is 1. The van der Waals surface area contributed by atoms with E-state index >= 15 is 0 Å². The van der Waals surface area contributed by atoms with Crippen LogP contribution < -0.4 is 5.73 Å². The molecule has 2 aromatic rings. The number of methoxy groups -OCH3 is 1. The lowest BCUT2D eigenvalue weighted by atomic mass is 10.1. The van der Waals surface area contributed by atoms with Gasteiger partial charge in [0.1, 0.15) is 12.4 Å². The van der Waals surface area contributed by atoms with E-state index in [1.54, 1.807) is 13.2 Å². The lowest BCUT2D eigenvalue weighted by Gasteiger charge is -2.06. The maximum Gasteiger partial charge on any atom is 0.157 e. The van der Waals surface area contributed by atoms with E-state index in [-0.39, 0.29) is 0 Å². The van der Waals surface area contributed by atoms with Crippen molar-refractivity contribution in [3.8, 4) is 11.3 Å². The van der Waals surface area contributed by atoms with Crippen molar-refractivity contribution in [3.63, 3.8) is 0 Å². The van der Waals surface area contributed by atoms with Crippen molar-refractivity contribution in [2.45, 2.75) is 26.4 Å². The molecule has 1 aromatic heterocycles. The molecule has 0 saturated heterocycles. The number of benzene rings is 1. The van der Waals surface area contributed by atoms with Crippen LogP contribution in [-0.4, -0.2) is 17.1 Å². The minimum Gasteiger partial charge on any atom is -0.384 e. The Morgan fingerprint density at radius 3 is 2.53 bits per heavy atom. The van der Waals surface area contributed by atoms with Gasteiger partial charge in [-0.2, -0.15) is 0 Å². The highest BCUT2D eigenvalue weighted by atomic mass is 16.5. The van der Waals surface area contributed by atoms with Gasteiger partial charge in [-0.3, -0.25) is 0 Å². The van der Waals surface area contributed by atoms with Gasteiger partial charge in [0.25, 0.3) is 0 Å². The molecule has 0 spiro atoms. The normalized spacial score (nSPS) is 10.6. The molecule has 19 heavy (non-hydrogen) atoms. The summed E-state index contributed by atoms with van der Waals surface area (Å²) in [5.74, 6) is 1.07. The van der Waals surface area contributed by atoms with E-state index in [2.05, 4.69) is 41.2 Å². The van der Waals surface area contributed by atoms with Gasteiger partial charge in [-0.05, 0) is 12.0 Å². The Morgan fingerprint density at radius 2 is 1.89 bits per heavy atom. The summed E-state index contributed by atoms with van der Waals surface area (Å²) in [6.07, 6.45) is 2.25. The third-order valence-corrected chi connectivity index (χ3v) is 2.85. The highest BCUT2D eigenvalue weighted by molar-refractivity contribution is 5.62. The minimum atomic E-state index is 0.367. The summed E-state index contributed by atoms with van der Waals surface area (Å²) in [6, 6.07) is 10.2. The average Bonchev–Trinajstić information content (AvgIpc) is 2.40. The molecule has 0 atom stereocenters. The first kappa shape index (κ1) is 13.5. The van der Waals surface area contributed by atoms with Gasteiger partial charge in [-0.1, -0.05) is 37.6 Å². The third kappa shape index (κ3) is 3.51. The van der Waals surface area contributed by atoms with Gasteiger partial charge in [0.2, 0.25) is 0 Å². The van der Waals surface area contributed by atoms with E-state index < -0.39 is 0 Å². The molecule has 0 saturated carbocycles. The first-order chi connectivity index (χ1) is 9.22. The van der Waals surface area contributed by atoms with Gasteiger partial charge >= 0.3 is 0 Å². The number of hydrogen-bond acceptors (Lipinski definition) is 4. The minimum absolute atomic E-state index is 0.367. The fraction of sp³-hybridized carbons (Fsp3) is 0.333. The Kier molecular flexibility index (Phi) is 4.47. The van der Waals surface area contributed by atoms with Crippen molar-refractivity contribution in [1.82, 2.24) is 9.97 Å². The monoisotopic (exact) mass is 257 g/mol. The first-order valence-corrected chi connectivity index (χ1v) is 6.44. The second kappa shape index (κ2) is 6.29. The number of hydrogen-bond donors (Lipinski definition) is 1. The SMILES string of the molecule is CCCc1ccc(-c2cc(N)nc(COC)n2)cc1. The first-order valence-electron chi connectivity index (χ1n) is 6.44. The number of aryl methyl sites for hydroxylation is 1. The van der Waals surface area contributed by atoms with Gasteiger partial charge in [0, 0.05) is 18.7 Å². The van der Waals surface area contributed by atoms with E-state index in [0.717, 1.165) is 24.1 Å². The zero-order valence-electron chi connectivity index (χ0n) is 11.4. The van der Waals surface area contributed by atoms with Crippen LogP contribution in [0.3, 0.4) is 0 Å². The Hall–Kier alpha value is -1.94.